The van der Waals surface area contributed by atoms with Crippen LogP contribution in [0.5, 0.6) is 5.75 Å². The molecule has 0 aliphatic rings. The standard InChI is InChI=1S/C11H10Br2O/c1-14-11-8-9(4-2-3-7-12)5-6-10(11)13/h5-6,8H,3,7H2,1H3. The molecule has 0 atom stereocenters. The van der Waals surface area contributed by atoms with Gasteiger partial charge in [-0.05, 0) is 34.1 Å². The first kappa shape index (κ1) is 11.6. The van der Waals surface area contributed by atoms with Gasteiger partial charge in [-0.25, -0.2) is 0 Å². The van der Waals surface area contributed by atoms with Gasteiger partial charge in [0, 0.05) is 17.3 Å². The lowest BCUT2D eigenvalue weighted by atomic mass is 10.2. The van der Waals surface area contributed by atoms with E-state index in [4.69, 9.17) is 4.74 Å². The molecule has 0 aromatic heterocycles. The Morgan fingerprint density at radius 3 is 2.86 bits per heavy atom. The summed E-state index contributed by atoms with van der Waals surface area (Å²) in [5.41, 5.74) is 0.978. The van der Waals surface area contributed by atoms with E-state index < -0.39 is 0 Å². The van der Waals surface area contributed by atoms with Crippen molar-refractivity contribution < 1.29 is 4.74 Å². The molecule has 0 aliphatic heterocycles. The van der Waals surface area contributed by atoms with E-state index in [1.807, 2.05) is 18.2 Å². The van der Waals surface area contributed by atoms with Gasteiger partial charge in [-0.1, -0.05) is 27.8 Å². The zero-order chi connectivity index (χ0) is 10.4. The summed E-state index contributed by atoms with van der Waals surface area (Å²) >= 11 is 6.72. The fourth-order valence-electron chi connectivity index (χ4n) is 0.949. The SMILES string of the molecule is COc1cc(C#CCCBr)ccc1Br. The molecule has 0 bridgehead atoms. The van der Waals surface area contributed by atoms with E-state index in [0.29, 0.717) is 0 Å². The molecule has 0 saturated carbocycles. The summed E-state index contributed by atoms with van der Waals surface area (Å²) in [6.45, 7) is 0. The predicted molar refractivity (Wildman–Crippen MR) is 66.0 cm³/mol. The van der Waals surface area contributed by atoms with Crippen molar-refractivity contribution in [2.75, 3.05) is 12.4 Å². The molecule has 0 heterocycles. The second-order valence-corrected chi connectivity index (χ2v) is 4.24. The van der Waals surface area contributed by atoms with Crippen molar-refractivity contribution in [2.24, 2.45) is 0 Å². The van der Waals surface area contributed by atoms with Gasteiger partial charge >= 0.3 is 0 Å². The molecule has 0 saturated heterocycles. The van der Waals surface area contributed by atoms with Gasteiger partial charge in [-0.2, -0.15) is 0 Å². The molecule has 1 aromatic carbocycles. The second-order valence-electron chi connectivity index (χ2n) is 2.59. The number of hydrogen-bond acceptors (Lipinski definition) is 1. The summed E-state index contributed by atoms with van der Waals surface area (Å²) < 4.78 is 6.12. The van der Waals surface area contributed by atoms with Crippen molar-refractivity contribution in [3.05, 3.63) is 28.2 Å². The van der Waals surface area contributed by atoms with Crippen molar-refractivity contribution in [1.82, 2.24) is 0 Å². The average molecular weight is 318 g/mol. The average Bonchev–Trinajstić information content (AvgIpc) is 2.21. The number of ether oxygens (including phenoxy) is 1. The van der Waals surface area contributed by atoms with E-state index >= 15 is 0 Å². The van der Waals surface area contributed by atoms with Gasteiger partial charge in [0.2, 0.25) is 0 Å². The molecule has 1 rings (SSSR count). The molecule has 0 amide bonds. The van der Waals surface area contributed by atoms with Gasteiger partial charge in [0.25, 0.3) is 0 Å². The topological polar surface area (TPSA) is 9.23 Å². The van der Waals surface area contributed by atoms with Crippen molar-refractivity contribution in [3.63, 3.8) is 0 Å². The summed E-state index contributed by atoms with van der Waals surface area (Å²) in [6.07, 6.45) is 0.860. The van der Waals surface area contributed by atoms with Gasteiger partial charge in [-0.15, -0.1) is 0 Å². The number of hydrogen-bond donors (Lipinski definition) is 0. The van der Waals surface area contributed by atoms with Crippen LogP contribution in [0, 0.1) is 11.8 Å². The molecule has 0 spiro atoms. The summed E-state index contributed by atoms with van der Waals surface area (Å²) in [7, 11) is 1.65. The lowest BCUT2D eigenvalue weighted by Crippen LogP contribution is -1.85. The molecule has 0 N–H and O–H groups in total. The Bertz CT molecular complexity index is 363. The Hall–Kier alpha value is -0.460. The third-order valence-corrected chi connectivity index (χ3v) is 2.65. The van der Waals surface area contributed by atoms with Crippen molar-refractivity contribution in [1.29, 1.82) is 0 Å². The lowest BCUT2D eigenvalue weighted by Gasteiger charge is -2.02. The summed E-state index contributed by atoms with van der Waals surface area (Å²) in [6, 6.07) is 5.83. The highest BCUT2D eigenvalue weighted by molar-refractivity contribution is 9.10. The fraction of sp³-hybridized carbons (Fsp3) is 0.273. The highest BCUT2D eigenvalue weighted by Crippen LogP contribution is 2.25. The normalized spacial score (nSPS) is 9.07. The molecular formula is C11H10Br2O. The summed E-state index contributed by atoms with van der Waals surface area (Å²) in [5, 5.41) is 0.910. The van der Waals surface area contributed by atoms with Crippen LogP contribution < -0.4 is 4.74 Å². The van der Waals surface area contributed by atoms with Crippen LogP contribution in [-0.4, -0.2) is 12.4 Å². The molecule has 0 unspecified atom stereocenters. The molecule has 0 aliphatic carbocycles. The first-order valence-corrected chi connectivity index (χ1v) is 6.07. The lowest BCUT2D eigenvalue weighted by molar-refractivity contribution is 0.412. The maximum atomic E-state index is 5.17. The van der Waals surface area contributed by atoms with E-state index in [9.17, 15) is 0 Å². The van der Waals surface area contributed by atoms with Crippen LogP contribution in [0.3, 0.4) is 0 Å². The third-order valence-electron chi connectivity index (χ3n) is 1.60. The first-order chi connectivity index (χ1) is 6.77. The van der Waals surface area contributed by atoms with E-state index in [2.05, 4.69) is 43.7 Å². The Labute approximate surface area is 101 Å². The minimum atomic E-state index is 0.815. The van der Waals surface area contributed by atoms with E-state index in [1.54, 1.807) is 7.11 Å². The Kier molecular flexibility index (Phi) is 5.06. The number of alkyl halides is 1. The van der Waals surface area contributed by atoms with Gasteiger partial charge < -0.3 is 4.74 Å². The molecule has 1 aromatic rings. The Balaban J connectivity index is 2.86. The van der Waals surface area contributed by atoms with Crippen LogP contribution in [0.15, 0.2) is 22.7 Å². The molecular weight excluding hydrogens is 308 g/mol. The number of rotatable bonds is 2. The Morgan fingerprint density at radius 2 is 2.21 bits per heavy atom. The maximum Gasteiger partial charge on any atom is 0.134 e. The van der Waals surface area contributed by atoms with Crippen LogP contribution in [0.2, 0.25) is 0 Å². The van der Waals surface area contributed by atoms with Crippen molar-refractivity contribution >= 4 is 31.9 Å². The van der Waals surface area contributed by atoms with E-state index in [1.165, 1.54) is 0 Å². The predicted octanol–water partition coefficient (Wildman–Crippen LogP) is 3.59. The summed E-state index contributed by atoms with van der Waals surface area (Å²) in [5.74, 6) is 6.94. The molecule has 0 fully saturated rings. The van der Waals surface area contributed by atoms with Gasteiger partial charge in [0.05, 0.1) is 11.6 Å². The minimum Gasteiger partial charge on any atom is -0.496 e. The molecule has 74 valence electrons. The zero-order valence-electron chi connectivity index (χ0n) is 7.81. The highest BCUT2D eigenvalue weighted by Gasteiger charge is 1.98. The van der Waals surface area contributed by atoms with Gasteiger partial charge in [-0.3, -0.25) is 0 Å². The maximum absolute atomic E-state index is 5.17. The Morgan fingerprint density at radius 1 is 1.43 bits per heavy atom. The third kappa shape index (κ3) is 3.36. The quantitative estimate of drug-likeness (QED) is 0.598. The van der Waals surface area contributed by atoms with Crippen LogP contribution in [0.1, 0.15) is 12.0 Å². The summed E-state index contributed by atoms with van der Waals surface area (Å²) in [4.78, 5) is 0. The second kappa shape index (κ2) is 6.10. The zero-order valence-corrected chi connectivity index (χ0v) is 11.0. The van der Waals surface area contributed by atoms with Crippen LogP contribution >= 0.6 is 31.9 Å². The van der Waals surface area contributed by atoms with Crippen LogP contribution in [0.4, 0.5) is 0 Å². The highest BCUT2D eigenvalue weighted by atomic mass is 79.9. The number of benzene rings is 1. The first-order valence-electron chi connectivity index (χ1n) is 4.16. The van der Waals surface area contributed by atoms with Crippen LogP contribution in [0.25, 0.3) is 0 Å². The monoisotopic (exact) mass is 316 g/mol. The molecule has 0 radical (unpaired) electrons. The van der Waals surface area contributed by atoms with Crippen LogP contribution in [-0.2, 0) is 0 Å². The smallest absolute Gasteiger partial charge is 0.134 e. The van der Waals surface area contributed by atoms with Crippen molar-refractivity contribution in [3.8, 4) is 17.6 Å². The number of methoxy groups -OCH3 is 1. The molecule has 14 heavy (non-hydrogen) atoms. The fourth-order valence-corrected chi connectivity index (χ4v) is 1.56. The van der Waals surface area contributed by atoms with E-state index in [0.717, 1.165) is 27.5 Å². The van der Waals surface area contributed by atoms with Crippen molar-refractivity contribution in [2.45, 2.75) is 6.42 Å². The van der Waals surface area contributed by atoms with E-state index in [-0.39, 0.29) is 0 Å². The van der Waals surface area contributed by atoms with Gasteiger partial charge in [0.1, 0.15) is 5.75 Å². The minimum absolute atomic E-state index is 0.815. The molecule has 3 heteroatoms. The van der Waals surface area contributed by atoms with Gasteiger partial charge in [0.15, 0.2) is 0 Å². The number of halogens is 2. The molecule has 1 nitrogen and oxygen atoms in total. The largest absolute Gasteiger partial charge is 0.496 e.